The second kappa shape index (κ2) is 10.5. The van der Waals surface area contributed by atoms with Gasteiger partial charge in [0.1, 0.15) is 0 Å². The lowest BCUT2D eigenvalue weighted by Crippen LogP contribution is -2.41. The van der Waals surface area contributed by atoms with E-state index in [9.17, 15) is 18.0 Å². The first-order valence-electron chi connectivity index (χ1n) is 11.2. The molecular weight excluding hydrogens is 504 g/mol. The summed E-state index contributed by atoms with van der Waals surface area (Å²) < 4.78 is 53.4. The number of halogens is 5. The average Bonchev–Trinajstić information content (AvgIpc) is 3.26. The van der Waals surface area contributed by atoms with Crippen LogP contribution in [0.4, 0.5) is 13.2 Å². The zero-order valence-corrected chi connectivity index (χ0v) is 20.6. The Morgan fingerprint density at radius 3 is 2.43 bits per heavy atom. The van der Waals surface area contributed by atoms with Gasteiger partial charge in [-0.05, 0) is 59.5 Å². The number of aryl methyl sites for hydroxylation is 1. The Bertz CT molecular complexity index is 1110. The summed E-state index contributed by atoms with van der Waals surface area (Å²) >= 11 is 11.9. The van der Waals surface area contributed by atoms with Crippen molar-refractivity contribution in [2.24, 2.45) is 0 Å². The smallest absolute Gasteiger partial charge is 0.379 e. The standard InChI is InChI=1S/C25H25Cl2F3N2O3/c1-16-10-17(2-3-22(16)23(33)31-4-5-32-6-8-34-9-7-32)18-14-24(35-15-18,25(28,29)30)19-11-20(26)13-21(27)12-19/h2-3,10-14H,4-9,15H2,1H3,(H,31,33). The second-order valence-corrected chi connectivity index (χ2v) is 9.46. The molecule has 0 radical (unpaired) electrons. The summed E-state index contributed by atoms with van der Waals surface area (Å²) in [4.78, 5) is 14.9. The maximum atomic E-state index is 14.2. The van der Waals surface area contributed by atoms with Crippen molar-refractivity contribution in [3.05, 3.63) is 74.8 Å². The maximum absolute atomic E-state index is 14.2. The molecule has 2 aromatic carbocycles. The number of rotatable bonds is 6. The van der Waals surface area contributed by atoms with Crippen LogP contribution in [0.2, 0.25) is 10.0 Å². The quantitative estimate of drug-likeness (QED) is 0.557. The van der Waals surface area contributed by atoms with Gasteiger partial charge in [-0.25, -0.2) is 0 Å². The van der Waals surface area contributed by atoms with E-state index in [-0.39, 0.29) is 28.1 Å². The Labute approximate surface area is 211 Å². The van der Waals surface area contributed by atoms with Crippen molar-refractivity contribution in [3.63, 3.8) is 0 Å². The number of hydrogen-bond acceptors (Lipinski definition) is 4. The molecule has 1 unspecified atom stereocenters. The minimum Gasteiger partial charge on any atom is -0.379 e. The molecule has 4 rings (SSSR count). The molecule has 1 fully saturated rings. The minimum absolute atomic E-state index is 0.0846. The third-order valence-electron chi connectivity index (χ3n) is 6.20. The Kier molecular flexibility index (Phi) is 7.78. The molecular formula is C25H25Cl2F3N2O3. The van der Waals surface area contributed by atoms with Crippen LogP contribution in [0.15, 0.2) is 42.5 Å². The van der Waals surface area contributed by atoms with Gasteiger partial charge in [-0.2, -0.15) is 13.2 Å². The van der Waals surface area contributed by atoms with E-state index < -0.39 is 11.8 Å². The van der Waals surface area contributed by atoms with Crippen molar-refractivity contribution in [3.8, 4) is 0 Å². The van der Waals surface area contributed by atoms with Crippen molar-refractivity contribution in [2.75, 3.05) is 46.0 Å². The molecule has 5 nitrogen and oxygen atoms in total. The monoisotopic (exact) mass is 528 g/mol. The number of morpholine rings is 1. The first-order valence-corrected chi connectivity index (χ1v) is 11.9. The zero-order chi connectivity index (χ0) is 25.2. The number of amides is 1. The molecule has 2 heterocycles. The van der Waals surface area contributed by atoms with Gasteiger partial charge in [0, 0.05) is 41.8 Å². The van der Waals surface area contributed by atoms with E-state index in [4.69, 9.17) is 32.7 Å². The molecule has 2 aromatic rings. The second-order valence-electron chi connectivity index (χ2n) is 8.59. The molecule has 1 N–H and O–H groups in total. The largest absolute Gasteiger partial charge is 0.425 e. The van der Waals surface area contributed by atoms with Crippen molar-refractivity contribution in [2.45, 2.75) is 18.7 Å². The van der Waals surface area contributed by atoms with Crippen LogP contribution in [-0.4, -0.2) is 63.0 Å². The number of hydrogen-bond donors (Lipinski definition) is 1. The van der Waals surface area contributed by atoms with Gasteiger partial charge in [0.25, 0.3) is 5.91 Å². The summed E-state index contributed by atoms with van der Waals surface area (Å²) in [5, 5.41) is 3.08. The van der Waals surface area contributed by atoms with E-state index in [0.717, 1.165) is 25.7 Å². The van der Waals surface area contributed by atoms with E-state index in [0.29, 0.717) is 42.0 Å². The van der Waals surface area contributed by atoms with Crippen LogP contribution in [0.3, 0.4) is 0 Å². The number of ether oxygens (including phenoxy) is 2. The highest BCUT2D eigenvalue weighted by atomic mass is 35.5. The number of alkyl halides is 3. The number of benzene rings is 2. The summed E-state index contributed by atoms with van der Waals surface area (Å²) in [5.41, 5.74) is -0.820. The lowest BCUT2D eigenvalue weighted by atomic mass is 9.90. The lowest BCUT2D eigenvalue weighted by molar-refractivity contribution is -0.254. The molecule has 0 bridgehead atoms. The molecule has 1 saturated heterocycles. The number of nitrogens with one attached hydrogen (secondary N) is 1. The fourth-order valence-corrected chi connectivity index (χ4v) is 4.84. The molecule has 2 aliphatic rings. The molecule has 1 amide bonds. The van der Waals surface area contributed by atoms with E-state index in [1.54, 1.807) is 25.1 Å². The Morgan fingerprint density at radius 1 is 1.11 bits per heavy atom. The predicted molar refractivity (Wildman–Crippen MR) is 129 cm³/mol. The van der Waals surface area contributed by atoms with Crippen LogP contribution >= 0.6 is 23.2 Å². The van der Waals surface area contributed by atoms with E-state index in [2.05, 4.69) is 10.2 Å². The highest BCUT2D eigenvalue weighted by molar-refractivity contribution is 6.34. The van der Waals surface area contributed by atoms with Gasteiger partial charge in [0.05, 0.1) is 19.8 Å². The fraction of sp³-hybridized carbons (Fsp3) is 0.400. The number of carbonyl (C=O) groups is 1. The molecule has 188 valence electrons. The van der Waals surface area contributed by atoms with Gasteiger partial charge in [-0.15, -0.1) is 0 Å². The number of nitrogens with zero attached hydrogens (tertiary/aromatic N) is 1. The SMILES string of the molecule is Cc1cc(C2=CC(c3cc(Cl)cc(Cl)c3)(C(F)(F)F)OC2)ccc1C(=O)NCCN1CCOCC1. The van der Waals surface area contributed by atoms with Gasteiger partial charge in [-0.3, -0.25) is 9.69 Å². The summed E-state index contributed by atoms with van der Waals surface area (Å²) in [6, 6.07) is 8.73. The topological polar surface area (TPSA) is 50.8 Å². The van der Waals surface area contributed by atoms with E-state index in [1.165, 1.54) is 18.2 Å². The van der Waals surface area contributed by atoms with Crippen LogP contribution in [0, 0.1) is 6.92 Å². The lowest BCUT2D eigenvalue weighted by Gasteiger charge is -2.30. The highest BCUT2D eigenvalue weighted by Gasteiger charge is 2.58. The average molecular weight is 529 g/mol. The molecule has 10 heteroatoms. The third-order valence-corrected chi connectivity index (χ3v) is 6.64. The zero-order valence-electron chi connectivity index (χ0n) is 19.1. The Balaban J connectivity index is 1.52. The van der Waals surface area contributed by atoms with Gasteiger partial charge in [-0.1, -0.05) is 35.3 Å². The molecule has 0 saturated carbocycles. The summed E-state index contributed by atoms with van der Waals surface area (Å²) in [6.07, 6.45) is -3.68. The van der Waals surface area contributed by atoms with Crippen molar-refractivity contribution >= 4 is 34.7 Å². The third kappa shape index (κ3) is 5.67. The first kappa shape index (κ1) is 26.0. The predicted octanol–water partition coefficient (Wildman–Crippen LogP) is 5.24. The van der Waals surface area contributed by atoms with Crippen molar-refractivity contribution in [1.82, 2.24) is 10.2 Å². The molecule has 2 aliphatic heterocycles. The normalized spacial score (nSPS) is 21.1. The number of carbonyl (C=O) groups excluding carboxylic acids is 1. The van der Waals surface area contributed by atoms with E-state index >= 15 is 0 Å². The highest BCUT2D eigenvalue weighted by Crippen LogP contribution is 2.49. The van der Waals surface area contributed by atoms with Gasteiger partial charge in [0.2, 0.25) is 5.60 Å². The van der Waals surface area contributed by atoms with Gasteiger partial charge in [0.15, 0.2) is 0 Å². The van der Waals surface area contributed by atoms with Crippen LogP contribution in [0.5, 0.6) is 0 Å². The summed E-state index contributed by atoms with van der Waals surface area (Å²) in [5.74, 6) is -0.225. The van der Waals surface area contributed by atoms with Crippen LogP contribution in [-0.2, 0) is 15.1 Å². The maximum Gasteiger partial charge on any atom is 0.425 e. The Hall–Kier alpha value is -2.10. The molecule has 0 aromatic heterocycles. The van der Waals surface area contributed by atoms with E-state index in [1.807, 2.05) is 0 Å². The molecule has 1 atom stereocenters. The van der Waals surface area contributed by atoms with Crippen molar-refractivity contribution in [1.29, 1.82) is 0 Å². The van der Waals surface area contributed by atoms with Crippen LogP contribution in [0.1, 0.15) is 27.0 Å². The summed E-state index contributed by atoms with van der Waals surface area (Å²) in [7, 11) is 0. The van der Waals surface area contributed by atoms with Crippen LogP contribution < -0.4 is 5.32 Å². The minimum atomic E-state index is -4.74. The molecule has 0 spiro atoms. The van der Waals surface area contributed by atoms with Crippen LogP contribution in [0.25, 0.3) is 5.57 Å². The Morgan fingerprint density at radius 2 is 1.80 bits per heavy atom. The molecule has 0 aliphatic carbocycles. The first-order chi connectivity index (χ1) is 16.6. The van der Waals surface area contributed by atoms with Gasteiger partial charge < -0.3 is 14.8 Å². The van der Waals surface area contributed by atoms with Crippen molar-refractivity contribution < 1.29 is 27.4 Å². The summed E-state index contributed by atoms with van der Waals surface area (Å²) in [6.45, 7) is 5.77. The van der Waals surface area contributed by atoms with Gasteiger partial charge >= 0.3 is 6.18 Å². The molecule has 35 heavy (non-hydrogen) atoms. The fourth-order valence-electron chi connectivity index (χ4n) is 4.31.